The molecule has 0 saturated carbocycles. The van der Waals surface area contributed by atoms with Gasteiger partial charge in [-0.15, -0.1) is 0 Å². The van der Waals surface area contributed by atoms with Gasteiger partial charge in [-0.25, -0.2) is 9.97 Å². The van der Waals surface area contributed by atoms with Crippen molar-refractivity contribution >= 4 is 16.7 Å². The quantitative estimate of drug-likeness (QED) is 0.585. The van der Waals surface area contributed by atoms with E-state index in [-0.39, 0.29) is 11.8 Å². The Labute approximate surface area is 167 Å². The molecule has 0 radical (unpaired) electrons. The van der Waals surface area contributed by atoms with Crippen LogP contribution in [0.5, 0.6) is 0 Å². The van der Waals surface area contributed by atoms with Crippen molar-refractivity contribution < 1.29 is 4.79 Å². The van der Waals surface area contributed by atoms with Crippen LogP contribution in [0.4, 0.5) is 0 Å². The average molecular weight is 384 g/mol. The Morgan fingerprint density at radius 2 is 1.76 bits per heavy atom. The van der Waals surface area contributed by atoms with Gasteiger partial charge in [0.25, 0.3) is 5.91 Å². The first-order chi connectivity index (χ1) is 14.3. The number of H-pyrrole nitrogens is 1. The summed E-state index contributed by atoms with van der Waals surface area (Å²) in [5.41, 5.74) is 2.26. The lowest BCUT2D eigenvalue weighted by atomic mass is 9.91. The van der Waals surface area contributed by atoms with E-state index < -0.39 is 0 Å². The van der Waals surface area contributed by atoms with E-state index in [9.17, 15) is 4.79 Å². The van der Waals surface area contributed by atoms with Crippen molar-refractivity contribution in [2.24, 2.45) is 0 Å². The summed E-state index contributed by atoms with van der Waals surface area (Å²) in [5, 5.41) is 1.93. The minimum Gasteiger partial charge on any atom is -0.343 e. The molecule has 7 heteroatoms. The normalized spacial score (nSPS) is 15.0. The number of aromatic nitrogens is 5. The van der Waals surface area contributed by atoms with E-state index >= 15 is 0 Å². The highest BCUT2D eigenvalue weighted by molar-refractivity contribution is 6.05. The molecular weight excluding hydrogens is 364 g/mol. The molecule has 1 aliphatic rings. The number of pyridine rings is 1. The van der Waals surface area contributed by atoms with Crippen LogP contribution in [0.25, 0.3) is 22.3 Å². The number of benzene rings is 1. The molecule has 1 saturated heterocycles. The number of likely N-dealkylation sites (tertiary alicyclic amines) is 1. The number of aromatic amines is 1. The summed E-state index contributed by atoms with van der Waals surface area (Å²) >= 11 is 0. The Morgan fingerprint density at radius 3 is 2.59 bits per heavy atom. The molecule has 0 aliphatic carbocycles. The molecule has 1 aromatic carbocycles. The highest BCUT2D eigenvalue weighted by Crippen LogP contribution is 2.32. The van der Waals surface area contributed by atoms with Crippen LogP contribution in [-0.4, -0.2) is 48.8 Å². The van der Waals surface area contributed by atoms with E-state index in [1.165, 1.54) is 0 Å². The Hall–Kier alpha value is -3.61. The van der Waals surface area contributed by atoms with Crippen molar-refractivity contribution in [2.45, 2.75) is 18.8 Å². The summed E-state index contributed by atoms with van der Waals surface area (Å²) < 4.78 is 0. The molecule has 0 spiro atoms. The van der Waals surface area contributed by atoms with Gasteiger partial charge < -0.3 is 9.88 Å². The first-order valence-electron chi connectivity index (χ1n) is 9.75. The van der Waals surface area contributed by atoms with Gasteiger partial charge in [0.2, 0.25) is 0 Å². The third-order valence-electron chi connectivity index (χ3n) is 5.49. The first kappa shape index (κ1) is 17.5. The maximum atomic E-state index is 13.1. The zero-order chi connectivity index (χ0) is 19.6. The SMILES string of the molecule is O=C(c1nccc2ccccc12)N1CCC(c2nccnc2-c2ncc[nH]2)CC1. The fourth-order valence-electron chi connectivity index (χ4n) is 4.02. The van der Waals surface area contributed by atoms with Crippen LogP contribution in [0.2, 0.25) is 0 Å². The van der Waals surface area contributed by atoms with Crippen LogP contribution in [0.15, 0.2) is 61.3 Å². The van der Waals surface area contributed by atoms with Gasteiger partial charge in [0.15, 0.2) is 5.82 Å². The molecule has 4 heterocycles. The van der Waals surface area contributed by atoms with Crippen LogP contribution in [0.3, 0.4) is 0 Å². The second-order valence-corrected chi connectivity index (χ2v) is 7.18. The third-order valence-corrected chi connectivity index (χ3v) is 5.49. The van der Waals surface area contributed by atoms with Crippen LogP contribution in [0, 0.1) is 0 Å². The number of nitrogens with one attached hydrogen (secondary N) is 1. The van der Waals surface area contributed by atoms with Crippen LogP contribution in [0.1, 0.15) is 34.9 Å². The zero-order valence-electron chi connectivity index (χ0n) is 15.8. The maximum absolute atomic E-state index is 13.1. The van der Waals surface area contributed by atoms with Crippen LogP contribution >= 0.6 is 0 Å². The molecule has 0 atom stereocenters. The maximum Gasteiger partial charge on any atom is 0.273 e. The Balaban J connectivity index is 1.36. The Bertz CT molecular complexity index is 1140. The van der Waals surface area contributed by atoms with E-state index in [2.05, 4.69) is 24.9 Å². The molecule has 3 aromatic heterocycles. The second-order valence-electron chi connectivity index (χ2n) is 7.18. The molecule has 0 unspecified atom stereocenters. The average Bonchev–Trinajstić information content (AvgIpc) is 3.33. The van der Waals surface area contributed by atoms with E-state index in [0.29, 0.717) is 18.8 Å². The molecule has 1 aliphatic heterocycles. The van der Waals surface area contributed by atoms with E-state index in [1.807, 2.05) is 35.2 Å². The van der Waals surface area contributed by atoms with Gasteiger partial charge in [0.1, 0.15) is 11.4 Å². The number of amides is 1. The van der Waals surface area contributed by atoms with Gasteiger partial charge in [0, 0.05) is 55.4 Å². The number of fused-ring (bicyclic) bond motifs is 1. The highest BCUT2D eigenvalue weighted by Gasteiger charge is 2.29. The molecule has 4 aromatic rings. The molecule has 1 N–H and O–H groups in total. The smallest absolute Gasteiger partial charge is 0.273 e. The monoisotopic (exact) mass is 384 g/mol. The predicted molar refractivity (Wildman–Crippen MR) is 109 cm³/mol. The van der Waals surface area contributed by atoms with Crippen molar-refractivity contribution in [3.8, 4) is 11.5 Å². The molecule has 5 rings (SSSR count). The van der Waals surface area contributed by atoms with Crippen LogP contribution in [-0.2, 0) is 0 Å². The summed E-state index contributed by atoms with van der Waals surface area (Å²) in [4.78, 5) is 35.9. The molecule has 0 bridgehead atoms. The van der Waals surface area contributed by atoms with Gasteiger partial charge >= 0.3 is 0 Å². The van der Waals surface area contributed by atoms with E-state index in [1.54, 1.807) is 31.0 Å². The minimum absolute atomic E-state index is 0.00865. The van der Waals surface area contributed by atoms with Crippen molar-refractivity contribution in [1.29, 1.82) is 0 Å². The van der Waals surface area contributed by atoms with Gasteiger partial charge in [-0.2, -0.15) is 0 Å². The molecule has 7 nitrogen and oxygen atoms in total. The Kier molecular flexibility index (Phi) is 4.48. The fourth-order valence-corrected chi connectivity index (χ4v) is 4.02. The number of nitrogens with zero attached hydrogens (tertiary/aromatic N) is 5. The molecule has 1 fully saturated rings. The fraction of sp³-hybridized carbons (Fsp3) is 0.227. The standard InChI is InChI=1S/C22H20N6O/c29-22(19-17-4-2-1-3-15(17)5-8-23-19)28-13-6-16(7-14-28)18-20(25-10-9-24-18)21-26-11-12-27-21/h1-5,8-12,16H,6-7,13-14H2,(H,26,27). The molecule has 1 amide bonds. The lowest BCUT2D eigenvalue weighted by Crippen LogP contribution is -2.38. The number of rotatable bonds is 3. The van der Waals surface area contributed by atoms with Crippen molar-refractivity contribution in [1.82, 2.24) is 29.8 Å². The topological polar surface area (TPSA) is 87.7 Å². The number of hydrogen-bond acceptors (Lipinski definition) is 5. The van der Waals surface area contributed by atoms with Gasteiger partial charge in [-0.05, 0) is 24.3 Å². The number of carbonyl (C=O) groups is 1. The summed E-state index contributed by atoms with van der Waals surface area (Å²) in [7, 11) is 0. The van der Waals surface area contributed by atoms with E-state index in [4.69, 9.17) is 0 Å². The van der Waals surface area contributed by atoms with Gasteiger partial charge in [-0.3, -0.25) is 14.8 Å². The first-order valence-corrected chi connectivity index (χ1v) is 9.75. The van der Waals surface area contributed by atoms with Crippen molar-refractivity contribution in [3.05, 3.63) is 72.7 Å². The number of carbonyl (C=O) groups excluding carboxylic acids is 1. The van der Waals surface area contributed by atoms with Gasteiger partial charge in [0.05, 0.1) is 5.69 Å². The van der Waals surface area contributed by atoms with Crippen LogP contribution < -0.4 is 0 Å². The minimum atomic E-state index is -0.00865. The lowest BCUT2D eigenvalue weighted by Gasteiger charge is -2.32. The third kappa shape index (κ3) is 3.24. The van der Waals surface area contributed by atoms with E-state index in [0.717, 1.165) is 40.8 Å². The van der Waals surface area contributed by atoms with Crippen molar-refractivity contribution in [2.75, 3.05) is 13.1 Å². The number of imidazole rings is 1. The number of hydrogen-bond donors (Lipinski definition) is 1. The summed E-state index contributed by atoms with van der Waals surface area (Å²) in [6, 6.07) is 9.81. The molecular formula is C22H20N6O. The highest BCUT2D eigenvalue weighted by atomic mass is 16.2. The molecule has 29 heavy (non-hydrogen) atoms. The Morgan fingerprint density at radius 1 is 0.931 bits per heavy atom. The van der Waals surface area contributed by atoms with Crippen molar-refractivity contribution in [3.63, 3.8) is 0 Å². The largest absolute Gasteiger partial charge is 0.343 e. The second kappa shape index (κ2) is 7.43. The summed E-state index contributed by atoms with van der Waals surface area (Å²) in [5.74, 6) is 0.963. The zero-order valence-corrected chi connectivity index (χ0v) is 15.8. The predicted octanol–water partition coefficient (Wildman–Crippen LogP) is 3.43. The summed E-state index contributed by atoms with van der Waals surface area (Å²) in [6.07, 6.45) is 10.3. The molecule has 144 valence electrons. The van der Waals surface area contributed by atoms with Gasteiger partial charge in [-0.1, -0.05) is 24.3 Å². The number of piperidine rings is 1. The lowest BCUT2D eigenvalue weighted by molar-refractivity contribution is 0.0708. The summed E-state index contributed by atoms with van der Waals surface area (Å²) in [6.45, 7) is 1.34.